The number of hydrogen-bond acceptors (Lipinski definition) is 4. The van der Waals surface area contributed by atoms with E-state index in [1.165, 1.54) is 0 Å². The van der Waals surface area contributed by atoms with E-state index in [4.69, 9.17) is 28.6 Å². The summed E-state index contributed by atoms with van der Waals surface area (Å²) in [6, 6.07) is 0. The fourth-order valence-electron chi connectivity index (χ4n) is 2.37. The van der Waals surface area contributed by atoms with Crippen LogP contribution < -0.4 is 0 Å². The molecular formula is C12H16ClN5OS. The third-order valence-corrected chi connectivity index (χ3v) is 4.01. The molecule has 3 rings (SSSR count). The number of nitrogens with one attached hydrogen (secondary N) is 1. The summed E-state index contributed by atoms with van der Waals surface area (Å²) in [5.74, 6) is 0.669. The zero-order valence-electron chi connectivity index (χ0n) is 11.2. The van der Waals surface area contributed by atoms with Crippen molar-refractivity contribution in [3.05, 3.63) is 16.0 Å². The van der Waals surface area contributed by atoms with Crippen LogP contribution in [0.3, 0.4) is 0 Å². The fourth-order valence-corrected chi connectivity index (χ4v) is 2.81. The molecule has 2 aromatic heterocycles. The van der Waals surface area contributed by atoms with Crippen molar-refractivity contribution in [2.75, 3.05) is 6.61 Å². The van der Waals surface area contributed by atoms with Gasteiger partial charge in [0.25, 0.3) is 0 Å². The molecule has 1 aliphatic heterocycles. The van der Waals surface area contributed by atoms with E-state index in [0.717, 1.165) is 26.0 Å². The van der Waals surface area contributed by atoms with Gasteiger partial charge in [-0.2, -0.15) is 10.2 Å². The SMILES string of the molecule is CCn1cc(Cl)c(-c2n[nH]c(=S)n2C[C@@H]2CCCO2)n1. The lowest BCUT2D eigenvalue weighted by Gasteiger charge is -2.11. The Balaban J connectivity index is 1.96. The van der Waals surface area contributed by atoms with Crippen LogP contribution in [-0.2, 0) is 17.8 Å². The first-order chi connectivity index (χ1) is 9.69. The summed E-state index contributed by atoms with van der Waals surface area (Å²) in [4.78, 5) is 0. The van der Waals surface area contributed by atoms with Crippen molar-refractivity contribution in [2.24, 2.45) is 0 Å². The number of aromatic nitrogens is 5. The number of rotatable bonds is 4. The first-order valence-corrected chi connectivity index (χ1v) is 7.47. The Morgan fingerprint density at radius 2 is 2.45 bits per heavy atom. The van der Waals surface area contributed by atoms with Crippen LogP contribution in [0.5, 0.6) is 0 Å². The largest absolute Gasteiger partial charge is 0.376 e. The Bertz CT molecular complexity index is 655. The average Bonchev–Trinajstić information content (AvgIpc) is 3.13. The van der Waals surface area contributed by atoms with Crippen LogP contribution in [-0.4, -0.2) is 37.3 Å². The number of aryl methyl sites for hydroxylation is 1. The molecule has 0 unspecified atom stereocenters. The van der Waals surface area contributed by atoms with Crippen LogP contribution in [0.25, 0.3) is 11.5 Å². The van der Waals surface area contributed by atoms with Crippen LogP contribution in [0.1, 0.15) is 19.8 Å². The summed E-state index contributed by atoms with van der Waals surface area (Å²) >= 11 is 11.5. The van der Waals surface area contributed by atoms with Crippen molar-refractivity contribution in [3.63, 3.8) is 0 Å². The maximum absolute atomic E-state index is 6.24. The van der Waals surface area contributed by atoms with E-state index >= 15 is 0 Å². The summed E-state index contributed by atoms with van der Waals surface area (Å²) < 4.78 is 9.93. The van der Waals surface area contributed by atoms with E-state index < -0.39 is 0 Å². The van der Waals surface area contributed by atoms with Gasteiger partial charge >= 0.3 is 0 Å². The number of nitrogens with zero attached hydrogens (tertiary/aromatic N) is 4. The lowest BCUT2D eigenvalue weighted by molar-refractivity contribution is 0.0969. The second-order valence-electron chi connectivity index (χ2n) is 4.78. The third-order valence-electron chi connectivity index (χ3n) is 3.42. The van der Waals surface area contributed by atoms with Crippen molar-refractivity contribution in [1.29, 1.82) is 0 Å². The van der Waals surface area contributed by atoms with Gasteiger partial charge in [0.05, 0.1) is 17.7 Å². The normalized spacial score (nSPS) is 18.8. The molecular weight excluding hydrogens is 298 g/mol. The summed E-state index contributed by atoms with van der Waals surface area (Å²) in [5.41, 5.74) is 0.652. The summed E-state index contributed by atoms with van der Waals surface area (Å²) in [5, 5.41) is 12.1. The molecule has 1 aliphatic rings. The molecule has 3 heterocycles. The first kappa shape index (κ1) is 13.8. The first-order valence-electron chi connectivity index (χ1n) is 6.69. The van der Waals surface area contributed by atoms with Crippen LogP contribution >= 0.6 is 23.8 Å². The van der Waals surface area contributed by atoms with E-state index in [1.807, 2.05) is 11.5 Å². The van der Waals surface area contributed by atoms with Gasteiger partial charge in [-0.05, 0) is 32.0 Å². The van der Waals surface area contributed by atoms with Crippen molar-refractivity contribution in [3.8, 4) is 11.5 Å². The average molecular weight is 314 g/mol. The number of H-pyrrole nitrogens is 1. The monoisotopic (exact) mass is 313 g/mol. The van der Waals surface area contributed by atoms with Crippen molar-refractivity contribution < 1.29 is 4.74 Å². The minimum Gasteiger partial charge on any atom is -0.376 e. The molecule has 1 N–H and O–H groups in total. The maximum atomic E-state index is 6.24. The van der Waals surface area contributed by atoms with E-state index in [9.17, 15) is 0 Å². The molecule has 1 atom stereocenters. The predicted octanol–water partition coefficient (Wildman–Crippen LogP) is 2.66. The van der Waals surface area contributed by atoms with E-state index in [1.54, 1.807) is 10.9 Å². The zero-order valence-corrected chi connectivity index (χ0v) is 12.7. The smallest absolute Gasteiger partial charge is 0.195 e. The van der Waals surface area contributed by atoms with Gasteiger partial charge in [0, 0.05) is 19.3 Å². The van der Waals surface area contributed by atoms with Crippen molar-refractivity contribution >= 4 is 23.8 Å². The molecule has 0 spiro atoms. The molecule has 0 aliphatic carbocycles. The van der Waals surface area contributed by atoms with Crippen LogP contribution in [0.15, 0.2) is 6.20 Å². The lowest BCUT2D eigenvalue weighted by atomic mass is 10.2. The zero-order chi connectivity index (χ0) is 14.1. The molecule has 0 aromatic carbocycles. The van der Waals surface area contributed by atoms with Gasteiger partial charge in [-0.25, -0.2) is 0 Å². The highest BCUT2D eigenvalue weighted by molar-refractivity contribution is 7.71. The van der Waals surface area contributed by atoms with E-state index in [-0.39, 0.29) is 6.10 Å². The predicted molar refractivity (Wildman–Crippen MR) is 78.3 cm³/mol. The molecule has 0 bridgehead atoms. The van der Waals surface area contributed by atoms with Gasteiger partial charge in [0.1, 0.15) is 5.69 Å². The number of aromatic amines is 1. The topological polar surface area (TPSA) is 60.7 Å². The highest BCUT2D eigenvalue weighted by atomic mass is 35.5. The quantitative estimate of drug-likeness (QED) is 0.882. The Morgan fingerprint density at radius 3 is 3.10 bits per heavy atom. The Morgan fingerprint density at radius 1 is 1.60 bits per heavy atom. The molecule has 0 amide bonds. The van der Waals surface area contributed by atoms with Gasteiger partial charge in [-0.3, -0.25) is 14.3 Å². The summed E-state index contributed by atoms with van der Waals surface area (Å²) in [7, 11) is 0. The van der Waals surface area contributed by atoms with Gasteiger partial charge in [-0.15, -0.1) is 0 Å². The molecule has 108 valence electrons. The number of hydrogen-bond donors (Lipinski definition) is 1. The number of ether oxygens (including phenoxy) is 1. The standard InChI is InChI=1S/C12H16ClN5OS/c1-2-17-7-9(13)10(16-17)11-14-15-12(20)18(11)6-8-4-3-5-19-8/h7-8H,2-6H2,1H3,(H,15,20)/t8-/m0/s1. The molecule has 6 nitrogen and oxygen atoms in total. The maximum Gasteiger partial charge on any atom is 0.195 e. The summed E-state index contributed by atoms with van der Waals surface area (Å²) in [6.07, 6.45) is 4.12. The van der Waals surface area contributed by atoms with Gasteiger partial charge in [0.2, 0.25) is 0 Å². The Labute approximate surface area is 126 Å². The Kier molecular flexibility index (Phi) is 3.91. The highest BCUT2D eigenvalue weighted by Gasteiger charge is 2.21. The van der Waals surface area contributed by atoms with Crippen molar-refractivity contribution in [1.82, 2.24) is 24.5 Å². The van der Waals surface area contributed by atoms with Crippen LogP contribution in [0.2, 0.25) is 5.02 Å². The molecule has 0 saturated carbocycles. The van der Waals surface area contributed by atoms with Crippen LogP contribution in [0, 0.1) is 4.77 Å². The Hall–Kier alpha value is -1.18. The van der Waals surface area contributed by atoms with E-state index in [2.05, 4.69) is 15.3 Å². The third kappa shape index (κ3) is 2.53. The molecule has 8 heteroatoms. The molecule has 0 radical (unpaired) electrons. The minimum absolute atomic E-state index is 0.185. The fraction of sp³-hybridized carbons (Fsp3) is 0.583. The van der Waals surface area contributed by atoms with Crippen molar-refractivity contribution in [2.45, 2.75) is 39.0 Å². The number of halogens is 1. The molecule has 2 aromatic rings. The second-order valence-corrected chi connectivity index (χ2v) is 5.57. The van der Waals surface area contributed by atoms with Gasteiger partial charge < -0.3 is 4.74 Å². The van der Waals surface area contributed by atoms with Gasteiger partial charge in [0.15, 0.2) is 10.6 Å². The molecule has 1 fully saturated rings. The van der Waals surface area contributed by atoms with Gasteiger partial charge in [-0.1, -0.05) is 11.6 Å². The minimum atomic E-state index is 0.185. The highest BCUT2D eigenvalue weighted by Crippen LogP contribution is 2.26. The molecule has 1 saturated heterocycles. The van der Waals surface area contributed by atoms with Crippen LogP contribution in [0.4, 0.5) is 0 Å². The lowest BCUT2D eigenvalue weighted by Crippen LogP contribution is -2.16. The second kappa shape index (κ2) is 5.67. The molecule has 20 heavy (non-hydrogen) atoms. The van der Waals surface area contributed by atoms with E-state index in [0.29, 0.717) is 27.9 Å². The summed E-state index contributed by atoms with van der Waals surface area (Å²) in [6.45, 7) is 4.27.